The molecular formula is C29H29NO4. The minimum Gasteiger partial charge on any atom is -0.508 e. The fourth-order valence-electron chi connectivity index (χ4n) is 4.41. The Labute approximate surface area is 200 Å². The lowest BCUT2D eigenvalue weighted by Crippen LogP contribution is -2.13. The molecule has 5 nitrogen and oxygen atoms in total. The average Bonchev–Trinajstić information content (AvgIpc) is 2.71. The molecule has 0 amide bonds. The fourth-order valence-corrected chi connectivity index (χ4v) is 4.41. The van der Waals surface area contributed by atoms with E-state index >= 15 is 0 Å². The van der Waals surface area contributed by atoms with E-state index in [0.29, 0.717) is 22.9 Å². The third-order valence-electron chi connectivity index (χ3n) is 5.66. The third-order valence-corrected chi connectivity index (χ3v) is 5.66. The van der Waals surface area contributed by atoms with Gasteiger partial charge in [-0.2, -0.15) is 0 Å². The van der Waals surface area contributed by atoms with Crippen LogP contribution in [0.25, 0.3) is 0 Å². The van der Waals surface area contributed by atoms with Crippen LogP contribution < -0.4 is 9.64 Å². The van der Waals surface area contributed by atoms with Gasteiger partial charge in [-0.25, -0.2) is 0 Å². The first kappa shape index (κ1) is 23.1. The first-order chi connectivity index (χ1) is 16.1. The summed E-state index contributed by atoms with van der Waals surface area (Å²) in [5.41, 5.74) is 6.52. The number of aryl methyl sites for hydroxylation is 5. The van der Waals surface area contributed by atoms with Gasteiger partial charge in [-0.1, -0.05) is 12.1 Å². The summed E-state index contributed by atoms with van der Waals surface area (Å²) in [6.07, 6.45) is 0. The van der Waals surface area contributed by atoms with E-state index in [1.165, 1.54) is 0 Å². The highest BCUT2D eigenvalue weighted by Gasteiger charge is 2.23. The maximum absolute atomic E-state index is 10.9. The van der Waals surface area contributed by atoms with Crippen LogP contribution >= 0.6 is 0 Å². The van der Waals surface area contributed by atoms with E-state index in [1.807, 2.05) is 82.0 Å². The van der Waals surface area contributed by atoms with Crippen molar-refractivity contribution in [1.29, 1.82) is 0 Å². The Morgan fingerprint density at radius 2 is 1.06 bits per heavy atom. The largest absolute Gasteiger partial charge is 0.508 e. The molecule has 0 aliphatic heterocycles. The number of hydrogen-bond donors (Lipinski definition) is 3. The molecule has 0 fully saturated rings. The van der Waals surface area contributed by atoms with Gasteiger partial charge in [-0.05, 0) is 111 Å². The minimum absolute atomic E-state index is 0.132. The zero-order chi connectivity index (χ0) is 24.6. The topological polar surface area (TPSA) is 73.2 Å². The first-order valence-electron chi connectivity index (χ1n) is 11.1. The predicted molar refractivity (Wildman–Crippen MR) is 136 cm³/mol. The summed E-state index contributed by atoms with van der Waals surface area (Å²) in [7, 11) is 0. The second kappa shape index (κ2) is 9.02. The van der Waals surface area contributed by atoms with Gasteiger partial charge in [0.2, 0.25) is 0 Å². The minimum atomic E-state index is 0.132. The summed E-state index contributed by atoms with van der Waals surface area (Å²) in [5, 5.41) is 31.7. The molecular weight excluding hydrogens is 426 g/mol. The number of ether oxygens (including phenoxy) is 1. The Morgan fingerprint density at radius 1 is 0.559 bits per heavy atom. The highest BCUT2D eigenvalue weighted by Crippen LogP contribution is 2.47. The van der Waals surface area contributed by atoms with Gasteiger partial charge in [0.15, 0.2) is 0 Å². The lowest BCUT2D eigenvalue weighted by Gasteiger charge is -2.30. The zero-order valence-electron chi connectivity index (χ0n) is 20.0. The molecule has 4 aromatic rings. The molecule has 3 N–H and O–H groups in total. The SMILES string of the molecule is Cc1cc(O)cc(Oc2ccc(N(c3c(C)cc(C)cc3O)c3c(C)cc(C)cc3O)cc2)c1. The summed E-state index contributed by atoms with van der Waals surface area (Å²) in [6.45, 7) is 9.64. The smallest absolute Gasteiger partial charge is 0.140 e. The molecule has 5 heteroatoms. The van der Waals surface area contributed by atoms with Crippen LogP contribution in [0.15, 0.2) is 66.7 Å². The number of anilines is 3. The standard InChI is InChI=1S/C29H29NO4/c1-17-10-20(4)28(26(32)14-17)30(29-21(5)11-18(2)15-27(29)33)22-6-8-24(9-7-22)34-25-13-19(3)12-23(31)16-25/h6-16,31-33H,1-5H3. The second-order valence-electron chi connectivity index (χ2n) is 8.83. The van der Waals surface area contributed by atoms with Gasteiger partial charge in [0.1, 0.15) is 28.7 Å². The van der Waals surface area contributed by atoms with Crippen LogP contribution in [0.3, 0.4) is 0 Å². The highest BCUT2D eigenvalue weighted by molar-refractivity contribution is 5.86. The molecule has 34 heavy (non-hydrogen) atoms. The third kappa shape index (κ3) is 4.64. The predicted octanol–water partition coefficient (Wildman–Crippen LogP) is 7.61. The lowest BCUT2D eigenvalue weighted by atomic mass is 10.0. The van der Waals surface area contributed by atoms with Crippen LogP contribution in [-0.2, 0) is 0 Å². The maximum Gasteiger partial charge on any atom is 0.140 e. The van der Waals surface area contributed by atoms with Crippen LogP contribution in [0.5, 0.6) is 28.7 Å². The summed E-state index contributed by atoms with van der Waals surface area (Å²) in [6, 6.07) is 19.9. The quantitative estimate of drug-likeness (QED) is 0.289. The number of nitrogens with zero attached hydrogens (tertiary/aromatic N) is 1. The van der Waals surface area contributed by atoms with Crippen LogP contribution in [0.2, 0.25) is 0 Å². The molecule has 0 bridgehead atoms. The maximum atomic E-state index is 10.9. The lowest BCUT2D eigenvalue weighted by molar-refractivity contribution is 0.454. The number of rotatable bonds is 5. The summed E-state index contributed by atoms with van der Waals surface area (Å²) in [4.78, 5) is 1.87. The van der Waals surface area contributed by atoms with Gasteiger partial charge < -0.3 is 25.0 Å². The number of benzene rings is 4. The summed E-state index contributed by atoms with van der Waals surface area (Å²) in [5.74, 6) is 1.55. The highest BCUT2D eigenvalue weighted by atomic mass is 16.5. The molecule has 0 atom stereocenters. The summed E-state index contributed by atoms with van der Waals surface area (Å²) < 4.78 is 5.94. The Balaban J connectivity index is 1.82. The van der Waals surface area contributed by atoms with Crippen LogP contribution in [0.4, 0.5) is 17.1 Å². The van der Waals surface area contributed by atoms with Gasteiger partial charge in [0.05, 0.1) is 11.4 Å². The van der Waals surface area contributed by atoms with Gasteiger partial charge >= 0.3 is 0 Å². The molecule has 0 saturated carbocycles. The van der Waals surface area contributed by atoms with E-state index < -0.39 is 0 Å². The van der Waals surface area contributed by atoms with E-state index in [4.69, 9.17) is 4.74 Å². The zero-order valence-corrected chi connectivity index (χ0v) is 20.0. The fraction of sp³-hybridized carbons (Fsp3) is 0.172. The van der Waals surface area contributed by atoms with Crippen molar-refractivity contribution in [1.82, 2.24) is 0 Å². The Morgan fingerprint density at radius 3 is 1.53 bits per heavy atom. The molecule has 0 aliphatic rings. The van der Waals surface area contributed by atoms with Crippen molar-refractivity contribution in [3.05, 3.63) is 94.5 Å². The van der Waals surface area contributed by atoms with Gasteiger partial charge in [0, 0.05) is 11.8 Å². The van der Waals surface area contributed by atoms with Crippen LogP contribution in [0, 0.1) is 34.6 Å². The van der Waals surface area contributed by atoms with E-state index in [9.17, 15) is 15.3 Å². The molecule has 0 unspecified atom stereocenters. The van der Waals surface area contributed by atoms with Gasteiger partial charge in [-0.3, -0.25) is 0 Å². The van der Waals surface area contributed by atoms with Gasteiger partial charge in [0.25, 0.3) is 0 Å². The van der Waals surface area contributed by atoms with E-state index in [0.717, 1.165) is 33.5 Å². The van der Waals surface area contributed by atoms with E-state index in [-0.39, 0.29) is 17.2 Å². The second-order valence-corrected chi connectivity index (χ2v) is 8.83. The van der Waals surface area contributed by atoms with Gasteiger partial charge in [-0.15, -0.1) is 0 Å². The molecule has 0 aliphatic carbocycles. The molecule has 0 aromatic heterocycles. The Kier molecular flexibility index (Phi) is 6.12. The molecule has 174 valence electrons. The molecule has 0 radical (unpaired) electrons. The van der Waals surface area contributed by atoms with Crippen molar-refractivity contribution in [3.8, 4) is 28.7 Å². The normalized spacial score (nSPS) is 10.9. The first-order valence-corrected chi connectivity index (χ1v) is 11.1. The van der Waals surface area contributed by atoms with E-state index in [1.54, 1.807) is 24.3 Å². The monoisotopic (exact) mass is 455 g/mol. The molecule has 0 heterocycles. The van der Waals surface area contributed by atoms with Crippen molar-refractivity contribution >= 4 is 17.1 Å². The van der Waals surface area contributed by atoms with Crippen LogP contribution in [-0.4, -0.2) is 15.3 Å². The van der Waals surface area contributed by atoms with E-state index in [2.05, 4.69) is 0 Å². The Bertz CT molecular complexity index is 1240. The number of aromatic hydroxyl groups is 3. The number of phenols is 3. The molecule has 4 rings (SSSR count). The van der Waals surface area contributed by atoms with Crippen molar-refractivity contribution in [2.24, 2.45) is 0 Å². The molecule has 0 spiro atoms. The van der Waals surface area contributed by atoms with Crippen molar-refractivity contribution < 1.29 is 20.1 Å². The van der Waals surface area contributed by atoms with Crippen molar-refractivity contribution in [2.45, 2.75) is 34.6 Å². The Hall–Kier alpha value is -4.12. The average molecular weight is 456 g/mol. The number of phenolic OH excluding ortho intramolecular Hbond substituents is 3. The molecule has 0 saturated heterocycles. The van der Waals surface area contributed by atoms with Crippen LogP contribution in [0.1, 0.15) is 27.8 Å². The molecule has 4 aromatic carbocycles. The number of hydrogen-bond acceptors (Lipinski definition) is 5. The van der Waals surface area contributed by atoms with Crippen molar-refractivity contribution in [3.63, 3.8) is 0 Å². The summed E-state index contributed by atoms with van der Waals surface area (Å²) >= 11 is 0. The van der Waals surface area contributed by atoms with Crippen molar-refractivity contribution in [2.75, 3.05) is 4.90 Å².